The molecule has 4 heterocycles. The molecule has 0 atom stereocenters. The Morgan fingerprint density at radius 3 is 2.96 bits per heavy atom. The van der Waals surface area contributed by atoms with Crippen molar-refractivity contribution in [1.82, 2.24) is 15.1 Å². The van der Waals surface area contributed by atoms with Crippen LogP contribution in [-0.4, -0.2) is 39.2 Å². The van der Waals surface area contributed by atoms with Crippen molar-refractivity contribution in [3.8, 4) is 10.4 Å². The monoisotopic (exact) mass is 387 g/mol. The largest absolute Gasteiger partial charge is 0.385 e. The van der Waals surface area contributed by atoms with E-state index in [-0.39, 0.29) is 5.91 Å². The number of nitrogens with zero attached hydrogens (tertiary/aromatic N) is 3. The van der Waals surface area contributed by atoms with Crippen molar-refractivity contribution in [1.29, 1.82) is 0 Å². The SMILES string of the molecule is O=C(c1csc(-c2cn[nH]c2)c1)N1CCC(O)(c2cc[n+]#cc2Cl)CC1. The first-order chi connectivity index (χ1) is 12.6. The summed E-state index contributed by atoms with van der Waals surface area (Å²) in [5.74, 6) is -0.0227. The normalized spacial score (nSPS) is 16.3. The number of halogens is 1. The lowest BCUT2D eigenvalue weighted by atomic mass is 9.85. The molecule has 26 heavy (non-hydrogen) atoms. The van der Waals surface area contributed by atoms with Crippen LogP contribution in [0.3, 0.4) is 0 Å². The number of hydrogen-bond donors (Lipinski definition) is 2. The van der Waals surface area contributed by atoms with Crippen LogP contribution < -0.4 is 4.98 Å². The third kappa shape index (κ3) is 3.07. The van der Waals surface area contributed by atoms with Gasteiger partial charge in [-0.05, 0) is 23.9 Å². The fourth-order valence-corrected chi connectivity index (χ4v) is 4.37. The maximum Gasteiger partial charge on any atom is 0.332 e. The van der Waals surface area contributed by atoms with Crippen molar-refractivity contribution in [3.63, 3.8) is 0 Å². The molecular formula is C18H16ClN4O2S+. The van der Waals surface area contributed by atoms with Gasteiger partial charge in [-0.25, -0.2) is 0 Å². The Balaban J connectivity index is 1.46. The Morgan fingerprint density at radius 1 is 1.46 bits per heavy atom. The Kier molecular flexibility index (Phi) is 4.41. The van der Waals surface area contributed by atoms with Crippen molar-refractivity contribution < 1.29 is 14.9 Å². The number of nitrogens with one attached hydrogen (secondary N) is 1. The van der Waals surface area contributed by atoms with Gasteiger partial charge in [-0.1, -0.05) is 11.6 Å². The number of aromatic nitrogens is 3. The maximum absolute atomic E-state index is 12.8. The van der Waals surface area contributed by atoms with Gasteiger partial charge in [0.15, 0.2) is 5.02 Å². The molecule has 3 aromatic heterocycles. The number of likely N-dealkylation sites (tertiary alicyclic amines) is 1. The summed E-state index contributed by atoms with van der Waals surface area (Å²) in [4.78, 5) is 19.4. The van der Waals surface area contributed by atoms with Crippen LogP contribution in [-0.2, 0) is 5.60 Å². The van der Waals surface area contributed by atoms with Gasteiger partial charge in [-0.15, -0.1) is 11.3 Å². The molecule has 0 radical (unpaired) electrons. The number of aliphatic hydroxyl groups is 1. The predicted molar refractivity (Wildman–Crippen MR) is 96.8 cm³/mol. The lowest BCUT2D eigenvalue weighted by Gasteiger charge is -2.38. The number of rotatable bonds is 3. The summed E-state index contributed by atoms with van der Waals surface area (Å²) in [6, 6.07) is 3.60. The highest BCUT2D eigenvalue weighted by molar-refractivity contribution is 7.13. The zero-order chi connectivity index (χ0) is 18.1. The van der Waals surface area contributed by atoms with Crippen LogP contribution in [0.1, 0.15) is 28.8 Å². The van der Waals surface area contributed by atoms with E-state index in [1.807, 2.05) is 11.4 Å². The molecule has 3 aromatic rings. The van der Waals surface area contributed by atoms with E-state index in [1.165, 1.54) is 11.3 Å². The summed E-state index contributed by atoms with van der Waals surface area (Å²) >= 11 is 7.64. The predicted octanol–water partition coefficient (Wildman–Crippen LogP) is 2.32. The van der Waals surface area contributed by atoms with Crippen molar-refractivity contribution in [2.24, 2.45) is 0 Å². The Hall–Kier alpha value is -2.40. The van der Waals surface area contributed by atoms with Gasteiger partial charge < -0.3 is 10.0 Å². The third-order valence-electron chi connectivity index (χ3n) is 4.72. The van der Waals surface area contributed by atoms with Crippen LogP contribution in [0, 0.1) is 6.20 Å². The van der Waals surface area contributed by atoms with Gasteiger partial charge in [0.1, 0.15) is 0 Å². The molecule has 8 heteroatoms. The molecule has 1 saturated heterocycles. The van der Waals surface area contributed by atoms with E-state index in [2.05, 4.69) is 21.4 Å². The summed E-state index contributed by atoms with van der Waals surface area (Å²) in [5, 5.41) is 19.8. The number of piperidine rings is 1. The standard InChI is InChI=1S/C18H16ClN4O2S/c19-15-10-20-4-1-14(15)18(25)2-5-23(6-3-18)17(24)12-7-16(26-11-12)13-8-21-22-9-13/h1,4,7-9,11,25H,2-3,5-6H2,(H,21,22)/q+1. The molecule has 0 aliphatic carbocycles. The highest BCUT2D eigenvalue weighted by atomic mass is 35.5. The lowest BCUT2D eigenvalue weighted by molar-refractivity contribution is -0.294. The van der Waals surface area contributed by atoms with E-state index in [1.54, 1.807) is 29.6 Å². The second-order valence-corrected chi connectivity index (χ2v) is 7.58. The van der Waals surface area contributed by atoms with Gasteiger partial charge in [-0.3, -0.25) is 9.89 Å². The van der Waals surface area contributed by atoms with Crippen molar-refractivity contribution >= 4 is 28.8 Å². The van der Waals surface area contributed by atoms with E-state index < -0.39 is 5.60 Å². The van der Waals surface area contributed by atoms with Crippen LogP contribution in [0.15, 0.2) is 36.1 Å². The van der Waals surface area contributed by atoms with Gasteiger partial charge in [0.2, 0.25) is 0 Å². The smallest absolute Gasteiger partial charge is 0.332 e. The number of H-pyrrole nitrogens is 1. The minimum Gasteiger partial charge on any atom is -0.385 e. The van der Waals surface area contributed by atoms with Gasteiger partial charge >= 0.3 is 12.4 Å². The first-order valence-corrected chi connectivity index (χ1v) is 9.44. The molecule has 4 rings (SSSR count). The summed E-state index contributed by atoms with van der Waals surface area (Å²) in [7, 11) is 0. The first-order valence-electron chi connectivity index (χ1n) is 8.19. The number of hydrogen-bond acceptors (Lipinski definition) is 4. The van der Waals surface area contributed by atoms with Crippen molar-refractivity contribution in [2.45, 2.75) is 18.4 Å². The van der Waals surface area contributed by atoms with Gasteiger partial charge in [0.05, 0.1) is 17.4 Å². The molecule has 0 spiro atoms. The lowest BCUT2D eigenvalue weighted by Crippen LogP contribution is -2.45. The number of thiophene rings is 1. The Labute approximate surface area is 159 Å². The van der Waals surface area contributed by atoms with Crippen LogP contribution in [0.2, 0.25) is 5.02 Å². The topological polar surface area (TPSA) is 83.3 Å². The average molecular weight is 388 g/mol. The summed E-state index contributed by atoms with van der Waals surface area (Å²) in [6.45, 7) is 0.926. The van der Waals surface area contributed by atoms with Gasteiger partial charge in [0.25, 0.3) is 5.91 Å². The molecule has 132 valence electrons. The van der Waals surface area contributed by atoms with E-state index >= 15 is 0 Å². The first kappa shape index (κ1) is 17.0. The van der Waals surface area contributed by atoms with E-state index in [0.29, 0.717) is 42.1 Å². The molecule has 2 N–H and O–H groups in total. The molecule has 6 nitrogen and oxygen atoms in total. The van der Waals surface area contributed by atoms with E-state index in [0.717, 1.165) is 10.4 Å². The maximum atomic E-state index is 12.8. The Bertz CT molecular complexity index is 917. The molecule has 0 unspecified atom stereocenters. The molecule has 1 fully saturated rings. The van der Waals surface area contributed by atoms with Crippen LogP contribution >= 0.6 is 22.9 Å². The summed E-state index contributed by atoms with van der Waals surface area (Å²) < 4.78 is 0. The van der Waals surface area contributed by atoms with Crippen LogP contribution in [0.25, 0.3) is 10.4 Å². The van der Waals surface area contributed by atoms with Crippen molar-refractivity contribution in [2.75, 3.05) is 13.1 Å². The molecule has 0 bridgehead atoms. The van der Waals surface area contributed by atoms with E-state index in [4.69, 9.17) is 11.6 Å². The highest BCUT2D eigenvalue weighted by Gasteiger charge is 2.38. The summed E-state index contributed by atoms with van der Waals surface area (Å²) in [6.07, 6.45) is 8.62. The quantitative estimate of drug-likeness (QED) is 0.722. The minimum atomic E-state index is -1.05. The minimum absolute atomic E-state index is 0.0227. The molecular weight excluding hydrogens is 372 g/mol. The van der Waals surface area contributed by atoms with Gasteiger partial charge in [0, 0.05) is 46.7 Å². The zero-order valence-corrected chi connectivity index (χ0v) is 15.3. The molecule has 1 amide bonds. The van der Waals surface area contributed by atoms with Gasteiger partial charge in [-0.2, -0.15) is 5.10 Å². The highest BCUT2D eigenvalue weighted by Crippen LogP contribution is 2.36. The fourth-order valence-electron chi connectivity index (χ4n) is 3.22. The number of carbonyl (C=O) groups excluding carboxylic acids is 1. The second-order valence-electron chi connectivity index (χ2n) is 6.29. The Morgan fingerprint density at radius 2 is 2.27 bits per heavy atom. The number of aromatic amines is 1. The van der Waals surface area contributed by atoms with E-state index in [9.17, 15) is 9.90 Å². The van der Waals surface area contributed by atoms with Crippen LogP contribution in [0.5, 0.6) is 0 Å². The molecule has 1 aliphatic rings. The average Bonchev–Trinajstić information content (AvgIpc) is 3.33. The molecule has 0 saturated carbocycles. The summed E-state index contributed by atoms with van der Waals surface area (Å²) in [5.41, 5.74) is 1.20. The third-order valence-corrected chi connectivity index (χ3v) is 5.99. The number of carbonyl (C=O) groups is 1. The molecule has 0 aromatic carbocycles. The van der Waals surface area contributed by atoms with Crippen LogP contribution in [0.4, 0.5) is 0 Å². The second kappa shape index (κ2) is 6.72. The fraction of sp³-hybridized carbons (Fsp3) is 0.278. The zero-order valence-electron chi connectivity index (χ0n) is 13.8. The number of amides is 1. The molecule has 1 aliphatic heterocycles. The van der Waals surface area contributed by atoms with Crippen molar-refractivity contribution in [3.05, 3.63) is 58.4 Å².